The first-order valence-electron chi connectivity index (χ1n) is 5.97. The van der Waals surface area contributed by atoms with E-state index in [1.165, 1.54) is 13.8 Å². The Hall–Kier alpha value is -1.36. The second-order valence-electron chi connectivity index (χ2n) is 4.49. The molecule has 0 unspecified atom stereocenters. The Labute approximate surface area is 121 Å². The molecule has 0 spiro atoms. The normalized spacial score (nSPS) is 10.9. The molecule has 4 nitrogen and oxygen atoms in total. The summed E-state index contributed by atoms with van der Waals surface area (Å²) >= 11 is 3.32. The van der Waals surface area contributed by atoms with E-state index in [2.05, 4.69) is 15.9 Å². The molecule has 104 valence electrons. The predicted octanol–water partition coefficient (Wildman–Crippen LogP) is 2.99. The van der Waals surface area contributed by atoms with Gasteiger partial charge >= 0.3 is 5.97 Å². The van der Waals surface area contributed by atoms with Crippen molar-refractivity contribution in [3.63, 3.8) is 0 Å². The molecule has 0 radical (unpaired) electrons. The lowest BCUT2D eigenvalue weighted by Crippen LogP contribution is -2.38. The summed E-state index contributed by atoms with van der Waals surface area (Å²) in [6.07, 6.45) is 0. The van der Waals surface area contributed by atoms with Crippen LogP contribution in [-0.4, -0.2) is 25.0 Å². The van der Waals surface area contributed by atoms with Gasteiger partial charge in [0.1, 0.15) is 17.8 Å². The molecule has 0 aliphatic rings. The monoisotopic (exact) mass is 328 g/mol. The average molecular weight is 329 g/mol. The molecule has 1 rings (SSSR count). The summed E-state index contributed by atoms with van der Waals surface area (Å²) in [5.74, 6) is -0.284. The highest BCUT2D eigenvalue weighted by molar-refractivity contribution is 9.10. The maximum absolute atomic E-state index is 12.0. The van der Waals surface area contributed by atoms with Crippen molar-refractivity contribution >= 4 is 27.7 Å². The van der Waals surface area contributed by atoms with Crippen LogP contribution in [0, 0.1) is 5.41 Å². The predicted molar refractivity (Wildman–Crippen MR) is 75.1 cm³/mol. The van der Waals surface area contributed by atoms with Gasteiger partial charge in [0.05, 0.1) is 11.1 Å². The number of esters is 1. The Morgan fingerprint density at radius 3 is 2.47 bits per heavy atom. The Bertz CT molecular complexity index is 468. The number of carbonyl (C=O) groups is 2. The van der Waals surface area contributed by atoms with Gasteiger partial charge in [-0.15, -0.1) is 0 Å². The second-order valence-corrected chi connectivity index (χ2v) is 5.34. The van der Waals surface area contributed by atoms with E-state index < -0.39 is 11.4 Å². The highest BCUT2D eigenvalue weighted by Gasteiger charge is 2.37. The number of rotatable bonds is 6. The molecule has 0 heterocycles. The van der Waals surface area contributed by atoms with Gasteiger partial charge in [-0.25, -0.2) is 0 Å². The average Bonchev–Trinajstić information content (AvgIpc) is 2.37. The minimum absolute atomic E-state index is 0.172. The van der Waals surface area contributed by atoms with E-state index in [0.29, 0.717) is 5.75 Å². The molecular weight excluding hydrogens is 312 g/mol. The third-order valence-electron chi connectivity index (χ3n) is 2.68. The smallest absolute Gasteiger partial charge is 0.319 e. The quantitative estimate of drug-likeness (QED) is 0.595. The molecule has 0 aliphatic heterocycles. The van der Waals surface area contributed by atoms with E-state index in [1.807, 2.05) is 12.1 Å². The Morgan fingerprint density at radius 2 is 1.89 bits per heavy atom. The molecule has 1 aromatic carbocycles. The SMILES string of the molecule is CCOC(=O)C(C)(C)C(=O)COc1ccccc1Br. The molecule has 0 fully saturated rings. The van der Waals surface area contributed by atoms with Gasteiger partial charge < -0.3 is 9.47 Å². The number of ether oxygens (including phenoxy) is 2. The minimum atomic E-state index is -1.20. The van der Waals surface area contributed by atoms with E-state index in [-0.39, 0.29) is 19.0 Å². The molecular formula is C14H17BrO4. The number of Topliss-reactive ketones (excluding diaryl/α,β-unsaturated/α-hetero) is 1. The van der Waals surface area contributed by atoms with E-state index in [1.54, 1.807) is 19.1 Å². The largest absolute Gasteiger partial charge is 0.485 e. The summed E-state index contributed by atoms with van der Waals surface area (Å²) in [4.78, 5) is 23.7. The van der Waals surface area contributed by atoms with Crippen molar-refractivity contribution in [1.29, 1.82) is 0 Å². The zero-order valence-electron chi connectivity index (χ0n) is 11.2. The van der Waals surface area contributed by atoms with Crippen molar-refractivity contribution in [1.82, 2.24) is 0 Å². The highest BCUT2D eigenvalue weighted by atomic mass is 79.9. The molecule has 0 saturated heterocycles. The number of hydrogen-bond acceptors (Lipinski definition) is 4. The lowest BCUT2D eigenvalue weighted by Gasteiger charge is -2.20. The van der Waals surface area contributed by atoms with Gasteiger partial charge in [0.25, 0.3) is 0 Å². The molecule has 0 saturated carbocycles. The fourth-order valence-corrected chi connectivity index (χ4v) is 1.71. The fourth-order valence-electron chi connectivity index (χ4n) is 1.31. The number of hydrogen-bond donors (Lipinski definition) is 0. The van der Waals surface area contributed by atoms with Gasteiger partial charge in [-0.1, -0.05) is 12.1 Å². The van der Waals surface area contributed by atoms with Crippen molar-refractivity contribution in [2.45, 2.75) is 20.8 Å². The second kappa shape index (κ2) is 6.70. The first-order valence-corrected chi connectivity index (χ1v) is 6.76. The van der Waals surface area contributed by atoms with Crippen molar-refractivity contribution in [2.75, 3.05) is 13.2 Å². The van der Waals surface area contributed by atoms with Crippen LogP contribution in [0.5, 0.6) is 5.75 Å². The third kappa shape index (κ3) is 4.06. The van der Waals surface area contributed by atoms with Crippen molar-refractivity contribution in [3.8, 4) is 5.75 Å². The molecule has 0 bridgehead atoms. The van der Waals surface area contributed by atoms with Crippen LogP contribution in [0.3, 0.4) is 0 Å². The number of ketones is 1. The van der Waals surface area contributed by atoms with Gasteiger partial charge in [0.15, 0.2) is 5.78 Å². The molecule has 0 atom stereocenters. The van der Waals surface area contributed by atoms with Crippen LogP contribution in [0.4, 0.5) is 0 Å². The molecule has 5 heteroatoms. The van der Waals surface area contributed by atoms with Crippen molar-refractivity contribution < 1.29 is 19.1 Å². The number of halogens is 1. The van der Waals surface area contributed by atoms with Crippen LogP contribution in [0.15, 0.2) is 28.7 Å². The highest BCUT2D eigenvalue weighted by Crippen LogP contribution is 2.25. The van der Waals surface area contributed by atoms with Crippen LogP contribution in [0.1, 0.15) is 20.8 Å². The standard InChI is InChI=1S/C14H17BrO4/c1-4-18-13(17)14(2,3)12(16)9-19-11-8-6-5-7-10(11)15/h5-8H,4,9H2,1-3H3. The zero-order chi connectivity index (χ0) is 14.5. The van der Waals surface area contributed by atoms with Crippen LogP contribution >= 0.6 is 15.9 Å². The number of carbonyl (C=O) groups excluding carboxylic acids is 2. The van der Waals surface area contributed by atoms with Gasteiger partial charge in [-0.2, -0.15) is 0 Å². The molecule has 0 aromatic heterocycles. The molecule has 0 aliphatic carbocycles. The van der Waals surface area contributed by atoms with Crippen LogP contribution in [0.2, 0.25) is 0 Å². The maximum Gasteiger partial charge on any atom is 0.319 e. The van der Waals surface area contributed by atoms with E-state index >= 15 is 0 Å². The Kier molecular flexibility index (Phi) is 5.54. The summed E-state index contributed by atoms with van der Waals surface area (Å²) in [5, 5.41) is 0. The Balaban J connectivity index is 2.65. The van der Waals surface area contributed by atoms with Gasteiger partial charge in [-0.05, 0) is 48.8 Å². The zero-order valence-corrected chi connectivity index (χ0v) is 12.8. The van der Waals surface area contributed by atoms with Gasteiger partial charge in [-0.3, -0.25) is 9.59 Å². The minimum Gasteiger partial charge on any atom is -0.485 e. The summed E-state index contributed by atoms with van der Waals surface area (Å²) in [5.41, 5.74) is -1.20. The maximum atomic E-state index is 12.0. The van der Waals surface area contributed by atoms with E-state index in [4.69, 9.17) is 9.47 Å². The van der Waals surface area contributed by atoms with E-state index in [9.17, 15) is 9.59 Å². The molecule has 0 amide bonds. The van der Waals surface area contributed by atoms with E-state index in [0.717, 1.165) is 4.47 Å². The number of para-hydroxylation sites is 1. The van der Waals surface area contributed by atoms with Crippen LogP contribution < -0.4 is 4.74 Å². The summed E-state index contributed by atoms with van der Waals surface area (Å²) in [6, 6.07) is 7.22. The van der Waals surface area contributed by atoms with Gasteiger partial charge in [0, 0.05) is 0 Å². The molecule has 0 N–H and O–H groups in total. The topological polar surface area (TPSA) is 52.6 Å². The first-order chi connectivity index (χ1) is 8.89. The lowest BCUT2D eigenvalue weighted by atomic mass is 9.88. The van der Waals surface area contributed by atoms with Gasteiger partial charge in [0.2, 0.25) is 0 Å². The lowest BCUT2D eigenvalue weighted by molar-refractivity contribution is -0.158. The van der Waals surface area contributed by atoms with Crippen molar-refractivity contribution in [3.05, 3.63) is 28.7 Å². The number of benzene rings is 1. The Morgan fingerprint density at radius 1 is 1.26 bits per heavy atom. The third-order valence-corrected chi connectivity index (χ3v) is 3.33. The molecule has 19 heavy (non-hydrogen) atoms. The van der Waals surface area contributed by atoms with Crippen molar-refractivity contribution in [2.24, 2.45) is 5.41 Å². The first kappa shape index (κ1) is 15.7. The summed E-state index contributed by atoms with van der Waals surface area (Å²) < 4.78 is 11.0. The van der Waals surface area contributed by atoms with Crippen LogP contribution in [-0.2, 0) is 14.3 Å². The van der Waals surface area contributed by atoms with Crippen LogP contribution in [0.25, 0.3) is 0 Å². The molecule has 1 aromatic rings. The fraction of sp³-hybridized carbons (Fsp3) is 0.429. The summed E-state index contributed by atoms with van der Waals surface area (Å²) in [7, 11) is 0. The summed E-state index contributed by atoms with van der Waals surface area (Å²) in [6.45, 7) is 4.86.